The fourth-order valence-electron chi connectivity index (χ4n) is 4.66. The number of aliphatic carboxylic acids is 1. The summed E-state index contributed by atoms with van der Waals surface area (Å²) >= 11 is 6.16. The number of rotatable bonds is 7. The van der Waals surface area contributed by atoms with Gasteiger partial charge in [0.2, 0.25) is 0 Å². The summed E-state index contributed by atoms with van der Waals surface area (Å²) in [6.45, 7) is 7.30. The van der Waals surface area contributed by atoms with E-state index in [1.807, 2.05) is 0 Å². The highest BCUT2D eigenvalue weighted by atomic mass is 35.5. The standard InChI is InChI=1S/C30H30ClNO6S/c1-18-15-24-23(13-14-25(33)32(24)17-19-7-6-8-22(16-19)39(5,36)37)27(20-9-11-21(31)12-10-20)26(18)28(29(34)35)38-30(2,3)4/h6-16,28H,17H2,1-5H3,(H,34,35). The molecule has 7 nitrogen and oxygen atoms in total. The zero-order chi connectivity index (χ0) is 28.7. The van der Waals surface area contributed by atoms with Gasteiger partial charge in [0.15, 0.2) is 15.9 Å². The second-order valence-corrected chi connectivity index (χ2v) is 13.0. The van der Waals surface area contributed by atoms with Crippen LogP contribution >= 0.6 is 11.6 Å². The zero-order valence-corrected chi connectivity index (χ0v) is 23.9. The van der Waals surface area contributed by atoms with Crippen molar-refractivity contribution in [3.05, 3.63) is 98.8 Å². The molecule has 1 unspecified atom stereocenters. The molecule has 0 amide bonds. The van der Waals surface area contributed by atoms with Gasteiger partial charge in [-0.1, -0.05) is 35.9 Å². The molecule has 39 heavy (non-hydrogen) atoms. The number of nitrogens with zero attached hydrogens (tertiary/aromatic N) is 1. The van der Waals surface area contributed by atoms with Crippen LogP contribution in [0, 0.1) is 6.92 Å². The van der Waals surface area contributed by atoms with E-state index in [0.29, 0.717) is 38.2 Å². The number of benzene rings is 3. The summed E-state index contributed by atoms with van der Waals surface area (Å²) in [4.78, 5) is 25.8. The number of carboxylic acid groups (broad SMARTS) is 1. The SMILES string of the molecule is Cc1cc2c(ccc(=O)n2Cc2cccc(S(C)(=O)=O)c2)c(-c2ccc(Cl)cc2)c1C(OC(C)(C)C)C(=O)O. The quantitative estimate of drug-likeness (QED) is 0.293. The van der Waals surface area contributed by atoms with Crippen LogP contribution in [0.25, 0.3) is 22.0 Å². The summed E-state index contributed by atoms with van der Waals surface area (Å²) in [5.41, 5.74) is 2.66. The van der Waals surface area contributed by atoms with Gasteiger partial charge >= 0.3 is 5.97 Å². The first-order chi connectivity index (χ1) is 18.2. The van der Waals surface area contributed by atoms with Gasteiger partial charge in [-0.25, -0.2) is 13.2 Å². The molecule has 0 aliphatic heterocycles. The van der Waals surface area contributed by atoms with Gasteiger partial charge in [0, 0.05) is 28.3 Å². The first-order valence-corrected chi connectivity index (χ1v) is 14.6. The number of ether oxygens (including phenoxy) is 1. The summed E-state index contributed by atoms with van der Waals surface area (Å²) in [7, 11) is -3.43. The third-order valence-corrected chi connectivity index (χ3v) is 7.66. The average Bonchev–Trinajstić information content (AvgIpc) is 2.83. The van der Waals surface area contributed by atoms with Crippen molar-refractivity contribution in [3.63, 3.8) is 0 Å². The largest absolute Gasteiger partial charge is 0.479 e. The van der Waals surface area contributed by atoms with Crippen molar-refractivity contribution in [2.45, 2.75) is 50.8 Å². The molecule has 0 bridgehead atoms. The van der Waals surface area contributed by atoms with E-state index >= 15 is 0 Å². The van der Waals surface area contributed by atoms with Gasteiger partial charge in [0.25, 0.3) is 5.56 Å². The van der Waals surface area contributed by atoms with Gasteiger partial charge in [-0.15, -0.1) is 0 Å². The fourth-order valence-corrected chi connectivity index (χ4v) is 5.48. The molecule has 1 aromatic heterocycles. The van der Waals surface area contributed by atoms with Crippen LogP contribution in [0.5, 0.6) is 0 Å². The monoisotopic (exact) mass is 567 g/mol. The van der Waals surface area contributed by atoms with E-state index in [1.165, 1.54) is 12.1 Å². The first-order valence-electron chi connectivity index (χ1n) is 12.3. The van der Waals surface area contributed by atoms with Crippen molar-refractivity contribution in [3.8, 4) is 11.1 Å². The van der Waals surface area contributed by atoms with Gasteiger partial charge in [-0.2, -0.15) is 0 Å². The molecule has 0 radical (unpaired) electrons. The highest BCUT2D eigenvalue weighted by molar-refractivity contribution is 7.90. The number of fused-ring (bicyclic) bond motifs is 1. The molecule has 0 saturated heterocycles. The van der Waals surface area contributed by atoms with E-state index in [9.17, 15) is 23.1 Å². The molecule has 4 aromatic rings. The summed E-state index contributed by atoms with van der Waals surface area (Å²) in [5.74, 6) is -1.13. The van der Waals surface area contributed by atoms with Crippen LogP contribution < -0.4 is 5.56 Å². The normalized spacial score (nSPS) is 13.0. The lowest BCUT2D eigenvalue weighted by molar-refractivity contribution is -0.160. The topological polar surface area (TPSA) is 103 Å². The number of aromatic nitrogens is 1. The molecule has 0 aliphatic rings. The first kappa shape index (κ1) is 28.5. The Labute approximate surface area is 232 Å². The van der Waals surface area contributed by atoms with Crippen LogP contribution in [-0.2, 0) is 25.9 Å². The van der Waals surface area contributed by atoms with Crippen molar-refractivity contribution >= 4 is 38.3 Å². The van der Waals surface area contributed by atoms with E-state index in [4.69, 9.17) is 16.3 Å². The van der Waals surface area contributed by atoms with Gasteiger partial charge in [-0.05, 0) is 86.3 Å². The molecule has 0 spiro atoms. The second-order valence-electron chi connectivity index (χ2n) is 10.5. The average molecular weight is 568 g/mol. The van der Waals surface area contributed by atoms with Crippen molar-refractivity contribution in [2.24, 2.45) is 0 Å². The predicted molar refractivity (Wildman–Crippen MR) is 153 cm³/mol. The molecule has 1 atom stereocenters. The third kappa shape index (κ3) is 6.24. The van der Waals surface area contributed by atoms with Crippen LogP contribution in [0.15, 0.2) is 76.4 Å². The molecule has 1 heterocycles. The molecule has 0 aliphatic carbocycles. The maximum Gasteiger partial charge on any atom is 0.337 e. The van der Waals surface area contributed by atoms with Crippen LogP contribution in [0.2, 0.25) is 5.02 Å². The molecular weight excluding hydrogens is 538 g/mol. The smallest absolute Gasteiger partial charge is 0.337 e. The van der Waals surface area contributed by atoms with Crippen LogP contribution in [0.4, 0.5) is 0 Å². The number of hydrogen-bond donors (Lipinski definition) is 1. The molecular formula is C30H30ClNO6S. The lowest BCUT2D eigenvalue weighted by Crippen LogP contribution is -2.28. The maximum atomic E-state index is 13.1. The van der Waals surface area contributed by atoms with Gasteiger partial charge in [0.1, 0.15) is 0 Å². The number of sulfone groups is 1. The molecule has 0 fully saturated rings. The predicted octanol–water partition coefficient (Wildman–Crippen LogP) is 6.02. The van der Waals surface area contributed by atoms with Crippen molar-refractivity contribution in [1.82, 2.24) is 4.57 Å². The number of carbonyl (C=O) groups is 1. The van der Waals surface area contributed by atoms with E-state index in [2.05, 4.69) is 0 Å². The number of carboxylic acids is 1. The van der Waals surface area contributed by atoms with Crippen molar-refractivity contribution in [1.29, 1.82) is 0 Å². The number of hydrogen-bond acceptors (Lipinski definition) is 5. The highest BCUT2D eigenvalue weighted by Gasteiger charge is 2.32. The van der Waals surface area contributed by atoms with Crippen LogP contribution in [0.3, 0.4) is 0 Å². The molecule has 0 saturated carbocycles. The van der Waals surface area contributed by atoms with Crippen LogP contribution in [0.1, 0.15) is 43.6 Å². The Morgan fingerprint density at radius 3 is 2.31 bits per heavy atom. The lowest BCUT2D eigenvalue weighted by Gasteiger charge is -2.29. The Hall–Kier alpha value is -3.46. The lowest BCUT2D eigenvalue weighted by atomic mass is 9.88. The molecule has 3 aromatic carbocycles. The van der Waals surface area contributed by atoms with Crippen LogP contribution in [-0.4, -0.2) is 35.9 Å². The van der Waals surface area contributed by atoms with E-state index < -0.39 is 27.5 Å². The Kier molecular flexibility index (Phi) is 7.76. The van der Waals surface area contributed by atoms with E-state index in [-0.39, 0.29) is 17.0 Å². The Bertz CT molecular complexity index is 1730. The molecule has 1 N–H and O–H groups in total. The summed E-state index contributed by atoms with van der Waals surface area (Å²) in [6, 6.07) is 18.4. The third-order valence-electron chi connectivity index (χ3n) is 6.30. The highest BCUT2D eigenvalue weighted by Crippen LogP contribution is 2.40. The summed E-state index contributed by atoms with van der Waals surface area (Å²) in [6.07, 6.45) is -0.134. The van der Waals surface area contributed by atoms with E-state index in [0.717, 1.165) is 11.8 Å². The zero-order valence-electron chi connectivity index (χ0n) is 22.4. The second kappa shape index (κ2) is 10.6. The Balaban J connectivity index is 2.04. The Morgan fingerprint density at radius 2 is 1.72 bits per heavy atom. The fraction of sp³-hybridized carbons (Fsp3) is 0.267. The van der Waals surface area contributed by atoms with Gasteiger partial charge in [0.05, 0.1) is 22.6 Å². The van der Waals surface area contributed by atoms with Gasteiger partial charge in [-0.3, -0.25) is 4.79 Å². The minimum atomic E-state index is -3.43. The van der Waals surface area contributed by atoms with Crippen molar-refractivity contribution in [2.75, 3.05) is 6.26 Å². The Morgan fingerprint density at radius 1 is 1.05 bits per heavy atom. The number of halogens is 1. The minimum Gasteiger partial charge on any atom is -0.479 e. The van der Waals surface area contributed by atoms with E-state index in [1.54, 1.807) is 86.9 Å². The number of aryl methyl sites for hydroxylation is 1. The number of pyridine rings is 1. The molecule has 9 heteroatoms. The maximum absolute atomic E-state index is 13.1. The van der Waals surface area contributed by atoms with Gasteiger partial charge < -0.3 is 14.4 Å². The summed E-state index contributed by atoms with van der Waals surface area (Å²) < 4.78 is 31.8. The molecule has 4 rings (SSSR count). The summed E-state index contributed by atoms with van der Waals surface area (Å²) in [5, 5.41) is 11.4. The molecule has 204 valence electrons. The minimum absolute atomic E-state index is 0.124. The van der Waals surface area contributed by atoms with Crippen molar-refractivity contribution < 1.29 is 23.1 Å².